The molecule has 5 rings (SSSR count). The molecule has 13 heteroatoms. The minimum absolute atomic E-state index is 0.115. The Balaban J connectivity index is 1.30. The van der Waals surface area contributed by atoms with Gasteiger partial charge >= 0.3 is 10.2 Å². The SMILES string of the molecule is CO[C@@H]1CCC[C@H](c2nc3nccc(C4CCN(C(=O)c5ccc(S(F)(F)(F)(F)F)cc5N)CC4)c3[nH]2)C1. The number of imidazole rings is 1. The predicted molar refractivity (Wildman–Crippen MR) is 136 cm³/mol. The number of carbonyl (C=O) groups excluding carboxylic acids is 1. The van der Waals surface area contributed by atoms with Crippen LogP contribution < -0.4 is 5.73 Å². The van der Waals surface area contributed by atoms with Gasteiger partial charge in [-0.2, -0.15) is 0 Å². The molecule has 3 aromatic rings. The molecule has 1 aliphatic heterocycles. The Morgan fingerprint density at radius 2 is 1.82 bits per heavy atom. The molecule has 2 fully saturated rings. The van der Waals surface area contributed by atoms with Crippen molar-refractivity contribution in [3.63, 3.8) is 0 Å². The highest BCUT2D eigenvalue weighted by atomic mass is 32.5. The van der Waals surface area contributed by atoms with Crippen LogP contribution in [0.3, 0.4) is 0 Å². The Bertz CT molecular complexity index is 1370. The topological polar surface area (TPSA) is 97.1 Å². The summed E-state index contributed by atoms with van der Waals surface area (Å²) >= 11 is 0. The third-order valence-electron chi connectivity index (χ3n) is 7.71. The highest BCUT2D eigenvalue weighted by Crippen LogP contribution is 3.02. The summed E-state index contributed by atoms with van der Waals surface area (Å²) in [5, 5.41) is 0. The molecular formula is C25H30F5N5O2S. The van der Waals surface area contributed by atoms with Gasteiger partial charge in [0.2, 0.25) is 0 Å². The summed E-state index contributed by atoms with van der Waals surface area (Å²) in [6.45, 7) is 0.685. The van der Waals surface area contributed by atoms with E-state index in [4.69, 9.17) is 15.5 Å². The van der Waals surface area contributed by atoms with E-state index in [9.17, 15) is 24.2 Å². The van der Waals surface area contributed by atoms with Crippen LogP contribution >= 0.6 is 10.2 Å². The Morgan fingerprint density at radius 1 is 1.08 bits per heavy atom. The summed E-state index contributed by atoms with van der Waals surface area (Å²) in [5.41, 5.74) is 7.35. The molecule has 1 aromatic carbocycles. The number of hydrogen-bond donors (Lipinski definition) is 2. The lowest BCUT2D eigenvalue weighted by atomic mass is 9.86. The quantitative estimate of drug-likeness (QED) is 0.262. The van der Waals surface area contributed by atoms with Crippen molar-refractivity contribution < 1.29 is 29.0 Å². The van der Waals surface area contributed by atoms with Gasteiger partial charge in [0.1, 0.15) is 10.7 Å². The van der Waals surface area contributed by atoms with E-state index >= 15 is 0 Å². The molecule has 0 radical (unpaired) electrons. The Morgan fingerprint density at radius 3 is 2.47 bits per heavy atom. The van der Waals surface area contributed by atoms with E-state index in [1.165, 1.54) is 4.90 Å². The molecule has 208 valence electrons. The van der Waals surface area contributed by atoms with Gasteiger partial charge in [0.15, 0.2) is 5.65 Å². The third kappa shape index (κ3) is 5.31. The number of nitrogen functional groups attached to an aromatic ring is 1. The Labute approximate surface area is 216 Å². The number of likely N-dealkylation sites (tertiary alicyclic amines) is 1. The highest BCUT2D eigenvalue weighted by molar-refractivity contribution is 8.45. The number of ether oxygens (including phenoxy) is 1. The lowest BCUT2D eigenvalue weighted by molar-refractivity contribution is 0.0625. The normalized spacial score (nSPS) is 23.3. The van der Waals surface area contributed by atoms with E-state index in [-0.39, 0.29) is 35.6 Å². The molecule has 1 saturated heterocycles. The maximum atomic E-state index is 13.1. The van der Waals surface area contributed by atoms with Crippen LogP contribution in [0.5, 0.6) is 0 Å². The van der Waals surface area contributed by atoms with Gasteiger partial charge in [-0.15, -0.1) is 0 Å². The number of hydrogen-bond acceptors (Lipinski definition) is 5. The van der Waals surface area contributed by atoms with Gasteiger partial charge in [-0.05, 0) is 67.9 Å². The second-order valence-electron chi connectivity index (χ2n) is 10.2. The van der Waals surface area contributed by atoms with Gasteiger partial charge in [0.05, 0.1) is 17.2 Å². The number of fused-ring (bicyclic) bond motifs is 1. The molecule has 0 bridgehead atoms. The van der Waals surface area contributed by atoms with Gasteiger partial charge in [-0.25, -0.2) is 9.97 Å². The van der Waals surface area contributed by atoms with Crippen molar-refractivity contribution in [2.45, 2.75) is 61.4 Å². The number of aromatic nitrogens is 3. The maximum Gasteiger partial charge on any atom is 0.310 e. The van der Waals surface area contributed by atoms with Crippen LogP contribution in [-0.4, -0.2) is 52.1 Å². The van der Waals surface area contributed by atoms with Crippen LogP contribution in [0.15, 0.2) is 35.4 Å². The van der Waals surface area contributed by atoms with Gasteiger partial charge in [0, 0.05) is 38.0 Å². The molecule has 2 aromatic heterocycles. The van der Waals surface area contributed by atoms with Crippen LogP contribution in [0.25, 0.3) is 11.2 Å². The minimum Gasteiger partial charge on any atom is -0.398 e. The summed E-state index contributed by atoms with van der Waals surface area (Å²) < 4.78 is 71.1. The standard InChI is InChI=1S/C25H30F5N5O2S/c1-37-17-4-2-3-16(13-17)23-33-22-19(7-10-32-24(22)34-23)15-8-11-35(12-9-15)25(36)20-6-5-18(14-21(20)31)38(26,27,28,29)30/h5-7,10,14-17H,2-4,8-9,11-13,31H2,1H3,(H,32,33,34)/t16-,17+/m0/s1. The number of carbonyl (C=O) groups is 1. The maximum absolute atomic E-state index is 13.1. The molecule has 7 nitrogen and oxygen atoms in total. The van der Waals surface area contributed by atoms with Crippen LogP contribution in [0.2, 0.25) is 0 Å². The number of anilines is 1. The molecule has 1 amide bonds. The molecular weight excluding hydrogens is 529 g/mol. The van der Waals surface area contributed by atoms with Crippen LogP contribution in [-0.2, 0) is 4.74 Å². The smallest absolute Gasteiger partial charge is 0.310 e. The number of rotatable bonds is 5. The van der Waals surface area contributed by atoms with Crippen molar-refractivity contribution in [3.05, 3.63) is 47.4 Å². The zero-order valence-corrected chi connectivity index (χ0v) is 21.6. The number of pyridine rings is 1. The van der Waals surface area contributed by atoms with Crippen molar-refractivity contribution >= 4 is 33.0 Å². The number of nitrogens with zero attached hydrogens (tertiary/aromatic N) is 3. The van der Waals surface area contributed by atoms with E-state index in [0.717, 1.165) is 48.7 Å². The first kappa shape index (κ1) is 26.7. The number of halogens is 5. The van der Waals surface area contributed by atoms with Gasteiger partial charge in [-0.3, -0.25) is 4.79 Å². The predicted octanol–water partition coefficient (Wildman–Crippen LogP) is 6.89. The number of nitrogens with two attached hydrogens (primary N) is 1. The summed E-state index contributed by atoms with van der Waals surface area (Å²) in [6, 6.07) is 3.05. The largest absolute Gasteiger partial charge is 0.398 e. The van der Waals surface area contributed by atoms with Crippen LogP contribution in [0.1, 0.15) is 72.1 Å². The van der Waals surface area contributed by atoms with E-state index in [2.05, 4.69) is 9.97 Å². The molecule has 3 N–H and O–H groups in total. The first-order valence-electron chi connectivity index (χ1n) is 12.5. The third-order valence-corrected chi connectivity index (χ3v) is 8.85. The second-order valence-corrected chi connectivity index (χ2v) is 12.6. The van der Waals surface area contributed by atoms with E-state index in [0.29, 0.717) is 31.6 Å². The number of benzene rings is 1. The Kier molecular flexibility index (Phi) is 6.18. The fourth-order valence-corrected chi connectivity index (χ4v) is 6.30. The number of H-pyrrole nitrogens is 1. The van der Waals surface area contributed by atoms with Gasteiger partial charge in [0.25, 0.3) is 5.91 Å². The molecule has 3 heterocycles. The molecule has 0 spiro atoms. The summed E-state index contributed by atoms with van der Waals surface area (Å²) in [6.07, 6.45) is 7.20. The number of nitrogens with one attached hydrogen (secondary N) is 1. The molecule has 2 atom stereocenters. The average molecular weight is 560 g/mol. The highest BCUT2D eigenvalue weighted by Gasteiger charge is 2.65. The van der Waals surface area contributed by atoms with Crippen LogP contribution in [0.4, 0.5) is 25.1 Å². The van der Waals surface area contributed by atoms with E-state index in [1.54, 1.807) is 13.3 Å². The first-order chi connectivity index (χ1) is 17.7. The molecule has 1 aliphatic carbocycles. The van der Waals surface area contributed by atoms with E-state index < -0.39 is 26.7 Å². The lowest BCUT2D eigenvalue weighted by Gasteiger charge is -2.40. The Hall–Kier alpha value is -2.93. The lowest BCUT2D eigenvalue weighted by Crippen LogP contribution is -2.38. The second kappa shape index (κ2) is 8.80. The van der Waals surface area contributed by atoms with Crippen molar-refractivity contribution in [2.24, 2.45) is 0 Å². The fourth-order valence-electron chi connectivity index (χ4n) is 5.63. The van der Waals surface area contributed by atoms with Crippen molar-refractivity contribution in [1.29, 1.82) is 0 Å². The average Bonchev–Trinajstić information content (AvgIpc) is 3.32. The minimum atomic E-state index is -9.89. The summed E-state index contributed by atoms with van der Waals surface area (Å²) in [5.74, 6) is 0.707. The number of methoxy groups -OCH3 is 1. The molecule has 2 aliphatic rings. The van der Waals surface area contributed by atoms with Gasteiger partial charge in [-0.1, -0.05) is 25.8 Å². The van der Waals surface area contributed by atoms with E-state index in [1.807, 2.05) is 6.07 Å². The summed E-state index contributed by atoms with van der Waals surface area (Å²) in [4.78, 5) is 25.0. The van der Waals surface area contributed by atoms with Crippen molar-refractivity contribution in [3.8, 4) is 0 Å². The molecule has 38 heavy (non-hydrogen) atoms. The molecule has 0 unspecified atom stereocenters. The van der Waals surface area contributed by atoms with Crippen molar-refractivity contribution in [2.75, 3.05) is 25.9 Å². The van der Waals surface area contributed by atoms with Gasteiger partial charge < -0.3 is 20.4 Å². The fraction of sp³-hybridized carbons (Fsp3) is 0.480. The number of piperidine rings is 1. The monoisotopic (exact) mass is 559 g/mol. The summed E-state index contributed by atoms with van der Waals surface area (Å²) in [7, 11) is -8.16. The number of aromatic amines is 1. The van der Waals surface area contributed by atoms with Crippen LogP contribution in [0, 0.1) is 0 Å². The zero-order chi connectivity index (χ0) is 27.4. The van der Waals surface area contributed by atoms with Crippen molar-refractivity contribution in [1.82, 2.24) is 19.9 Å². The number of amides is 1. The zero-order valence-electron chi connectivity index (χ0n) is 20.8. The first-order valence-corrected chi connectivity index (χ1v) is 14.5. The molecule has 1 saturated carbocycles.